The van der Waals surface area contributed by atoms with Crippen LogP contribution in [0.5, 0.6) is 0 Å². The van der Waals surface area contributed by atoms with Crippen molar-refractivity contribution in [3.8, 4) is 0 Å². The fourth-order valence-corrected chi connectivity index (χ4v) is 3.46. The van der Waals surface area contributed by atoms with Crippen molar-refractivity contribution in [1.29, 1.82) is 0 Å². The van der Waals surface area contributed by atoms with Crippen LogP contribution in [-0.4, -0.2) is 29.1 Å². The lowest BCUT2D eigenvalue weighted by atomic mass is 10.1. The van der Waals surface area contributed by atoms with Crippen molar-refractivity contribution in [3.05, 3.63) is 40.0 Å². The van der Waals surface area contributed by atoms with Crippen molar-refractivity contribution in [2.24, 2.45) is 0 Å². The maximum Gasteiger partial charge on any atom is 0.315 e. The highest BCUT2D eigenvalue weighted by Crippen LogP contribution is 2.18. The summed E-state index contributed by atoms with van der Waals surface area (Å²) in [5.41, 5.74) is 2.05. The lowest BCUT2D eigenvalue weighted by Gasteiger charge is -2.27. The third-order valence-corrected chi connectivity index (χ3v) is 4.98. The molecular formula is C17H23N5OS. The summed E-state index contributed by atoms with van der Waals surface area (Å²) < 4.78 is 0. The van der Waals surface area contributed by atoms with E-state index in [1.54, 1.807) is 11.3 Å². The molecule has 0 bridgehead atoms. The largest absolute Gasteiger partial charge is 0.357 e. The normalized spacial score (nSPS) is 14.5. The summed E-state index contributed by atoms with van der Waals surface area (Å²) in [6.45, 7) is 5.03. The molecular weight excluding hydrogens is 322 g/mol. The molecule has 0 unspecified atom stereocenters. The topological polar surface area (TPSA) is 70.2 Å². The minimum Gasteiger partial charge on any atom is -0.357 e. The maximum atomic E-state index is 11.9. The number of hydrogen-bond acceptors (Lipinski definition) is 5. The van der Waals surface area contributed by atoms with Crippen LogP contribution in [0.25, 0.3) is 0 Å². The third-order valence-electron chi connectivity index (χ3n) is 4.01. The average Bonchev–Trinajstić information content (AvgIpc) is 3.04. The van der Waals surface area contributed by atoms with Crippen molar-refractivity contribution < 1.29 is 4.79 Å². The van der Waals surface area contributed by atoms with E-state index in [4.69, 9.17) is 0 Å². The first-order valence-electron chi connectivity index (χ1n) is 8.33. The number of thiazole rings is 1. The van der Waals surface area contributed by atoms with Gasteiger partial charge in [0.2, 0.25) is 0 Å². The summed E-state index contributed by atoms with van der Waals surface area (Å²) >= 11 is 1.56. The zero-order valence-corrected chi connectivity index (χ0v) is 14.7. The van der Waals surface area contributed by atoms with E-state index in [1.165, 1.54) is 19.3 Å². The Balaban J connectivity index is 1.47. The van der Waals surface area contributed by atoms with Crippen molar-refractivity contribution in [2.75, 3.05) is 18.0 Å². The zero-order chi connectivity index (χ0) is 16.8. The Hall–Kier alpha value is -2.15. The van der Waals surface area contributed by atoms with Crippen LogP contribution in [0.1, 0.15) is 35.5 Å². The van der Waals surface area contributed by atoms with Gasteiger partial charge >= 0.3 is 6.03 Å². The molecule has 1 saturated heterocycles. The van der Waals surface area contributed by atoms with Gasteiger partial charge < -0.3 is 15.5 Å². The number of anilines is 1. The molecule has 0 aromatic carbocycles. The summed E-state index contributed by atoms with van der Waals surface area (Å²) in [7, 11) is 0. The predicted molar refractivity (Wildman–Crippen MR) is 96.2 cm³/mol. The minimum absolute atomic E-state index is 0.181. The lowest BCUT2D eigenvalue weighted by molar-refractivity contribution is 0.240. The first kappa shape index (κ1) is 16.7. The van der Waals surface area contributed by atoms with Gasteiger partial charge in [-0.25, -0.2) is 14.8 Å². The van der Waals surface area contributed by atoms with Crippen LogP contribution in [0.3, 0.4) is 0 Å². The first-order valence-corrected chi connectivity index (χ1v) is 9.21. The van der Waals surface area contributed by atoms with Gasteiger partial charge in [0, 0.05) is 36.9 Å². The number of rotatable bonds is 5. The van der Waals surface area contributed by atoms with E-state index in [9.17, 15) is 4.79 Å². The van der Waals surface area contributed by atoms with Crippen molar-refractivity contribution in [2.45, 2.75) is 39.3 Å². The average molecular weight is 345 g/mol. The number of aryl methyl sites for hydroxylation is 1. The Kier molecular flexibility index (Phi) is 5.63. The van der Waals surface area contributed by atoms with Crippen molar-refractivity contribution in [3.63, 3.8) is 0 Å². The SMILES string of the molecule is Cc1csc(CNC(=O)NCc2ccnc(N3CCCCC3)c2)n1. The van der Waals surface area contributed by atoms with Gasteiger partial charge in [-0.2, -0.15) is 0 Å². The Morgan fingerprint density at radius 3 is 2.79 bits per heavy atom. The maximum absolute atomic E-state index is 11.9. The Morgan fingerprint density at radius 2 is 2.04 bits per heavy atom. The molecule has 0 saturated carbocycles. The number of hydrogen-bond donors (Lipinski definition) is 2. The van der Waals surface area contributed by atoms with Crippen molar-refractivity contribution in [1.82, 2.24) is 20.6 Å². The molecule has 3 heterocycles. The van der Waals surface area contributed by atoms with Crippen LogP contribution in [0.15, 0.2) is 23.7 Å². The van der Waals surface area contributed by atoms with Crippen molar-refractivity contribution >= 4 is 23.2 Å². The van der Waals surface area contributed by atoms with Gasteiger partial charge in [-0.15, -0.1) is 11.3 Å². The summed E-state index contributed by atoms with van der Waals surface area (Å²) in [6.07, 6.45) is 5.57. The Labute approximate surface area is 146 Å². The number of amides is 2. The first-order chi connectivity index (χ1) is 11.7. The molecule has 1 aliphatic rings. The van der Waals surface area contributed by atoms with E-state index >= 15 is 0 Å². The molecule has 1 fully saturated rings. The summed E-state index contributed by atoms with van der Waals surface area (Å²) in [4.78, 5) is 23.0. The monoisotopic (exact) mass is 345 g/mol. The lowest BCUT2D eigenvalue weighted by Crippen LogP contribution is -2.34. The van der Waals surface area contributed by atoms with Gasteiger partial charge in [-0.3, -0.25) is 0 Å². The number of pyridine rings is 1. The molecule has 0 aliphatic carbocycles. The van der Waals surface area contributed by atoms with Crippen LogP contribution in [0, 0.1) is 6.92 Å². The fraction of sp³-hybridized carbons (Fsp3) is 0.471. The molecule has 2 aromatic rings. The van der Waals surface area contributed by atoms with Gasteiger partial charge in [-0.05, 0) is 43.9 Å². The number of nitrogens with one attached hydrogen (secondary N) is 2. The number of carbonyl (C=O) groups excluding carboxylic acids is 1. The van der Waals surface area contributed by atoms with Gasteiger partial charge in [0.25, 0.3) is 0 Å². The highest BCUT2D eigenvalue weighted by Gasteiger charge is 2.12. The number of carbonyl (C=O) groups is 1. The molecule has 1 aliphatic heterocycles. The van der Waals surface area contributed by atoms with Gasteiger partial charge in [0.05, 0.1) is 6.54 Å². The Bertz CT molecular complexity index is 681. The van der Waals surface area contributed by atoms with Gasteiger partial charge in [0.15, 0.2) is 0 Å². The summed E-state index contributed by atoms with van der Waals surface area (Å²) in [5, 5.41) is 8.61. The second kappa shape index (κ2) is 8.10. The molecule has 0 radical (unpaired) electrons. The highest BCUT2D eigenvalue weighted by atomic mass is 32.1. The molecule has 3 rings (SSSR count). The quantitative estimate of drug-likeness (QED) is 0.874. The standard InChI is InChI=1S/C17H23N5OS/c1-13-12-24-16(21-13)11-20-17(23)19-10-14-5-6-18-15(9-14)22-7-3-2-4-8-22/h5-6,9,12H,2-4,7-8,10-11H2,1H3,(H2,19,20,23). The molecule has 7 heteroatoms. The second-order valence-electron chi connectivity index (χ2n) is 5.99. The smallest absolute Gasteiger partial charge is 0.315 e. The van der Waals surface area contributed by atoms with Crippen LogP contribution < -0.4 is 15.5 Å². The van der Waals surface area contributed by atoms with Gasteiger partial charge in [0.1, 0.15) is 10.8 Å². The van der Waals surface area contributed by atoms with E-state index in [1.807, 2.05) is 24.6 Å². The van der Waals surface area contributed by atoms with E-state index < -0.39 is 0 Å². The molecule has 2 N–H and O–H groups in total. The third kappa shape index (κ3) is 4.67. The van der Waals surface area contributed by atoms with Crippen LogP contribution in [0.2, 0.25) is 0 Å². The number of nitrogens with zero attached hydrogens (tertiary/aromatic N) is 3. The molecule has 24 heavy (non-hydrogen) atoms. The van der Waals surface area contributed by atoms with Crippen LogP contribution in [0.4, 0.5) is 10.6 Å². The van der Waals surface area contributed by atoms with Gasteiger partial charge in [-0.1, -0.05) is 0 Å². The number of piperidine rings is 1. The number of aromatic nitrogens is 2. The molecule has 0 spiro atoms. The molecule has 128 valence electrons. The van der Waals surface area contributed by atoms with Crippen LogP contribution >= 0.6 is 11.3 Å². The van der Waals surface area contributed by atoms with E-state index in [0.717, 1.165) is 35.2 Å². The van der Waals surface area contributed by atoms with E-state index in [-0.39, 0.29) is 6.03 Å². The molecule has 2 aromatic heterocycles. The summed E-state index contributed by atoms with van der Waals surface area (Å²) in [5.74, 6) is 1.01. The van der Waals surface area contributed by atoms with Crippen LogP contribution in [-0.2, 0) is 13.1 Å². The Morgan fingerprint density at radius 1 is 1.25 bits per heavy atom. The zero-order valence-electron chi connectivity index (χ0n) is 13.9. The molecule has 2 amide bonds. The second-order valence-corrected chi connectivity index (χ2v) is 6.93. The van der Waals surface area contributed by atoms with E-state index in [2.05, 4.69) is 31.6 Å². The highest BCUT2D eigenvalue weighted by molar-refractivity contribution is 7.09. The minimum atomic E-state index is -0.181. The molecule has 0 atom stereocenters. The number of urea groups is 1. The van der Waals surface area contributed by atoms with E-state index in [0.29, 0.717) is 13.1 Å². The fourth-order valence-electron chi connectivity index (χ4n) is 2.75. The summed E-state index contributed by atoms with van der Waals surface area (Å²) in [6, 6.07) is 3.83. The molecule has 6 nitrogen and oxygen atoms in total. The predicted octanol–water partition coefficient (Wildman–Crippen LogP) is 2.84.